The van der Waals surface area contributed by atoms with Crippen LogP contribution in [-0.2, 0) is 14.4 Å². The third-order valence-electron chi connectivity index (χ3n) is 4.73. The van der Waals surface area contributed by atoms with Crippen LogP contribution in [-0.4, -0.2) is 25.4 Å². The van der Waals surface area contributed by atoms with E-state index < -0.39 is 0 Å². The molecule has 4 heteroatoms. The van der Waals surface area contributed by atoms with Crippen LogP contribution in [0.25, 0.3) is 0 Å². The Morgan fingerprint density at radius 2 is 2.17 bits per heavy atom. The SMILES string of the molecule is CCOC(=O)CC1C[C@H]2C[C@@H](/C1=N/OC)C2(C)C. The topological polar surface area (TPSA) is 47.9 Å². The molecule has 0 aromatic carbocycles. The van der Waals surface area contributed by atoms with Crippen molar-refractivity contribution in [3.63, 3.8) is 0 Å². The Morgan fingerprint density at radius 3 is 2.72 bits per heavy atom. The van der Waals surface area contributed by atoms with Crippen LogP contribution in [0.2, 0.25) is 0 Å². The maximum Gasteiger partial charge on any atom is 0.306 e. The van der Waals surface area contributed by atoms with Gasteiger partial charge in [0.15, 0.2) is 0 Å². The van der Waals surface area contributed by atoms with Crippen molar-refractivity contribution in [3.05, 3.63) is 0 Å². The van der Waals surface area contributed by atoms with Gasteiger partial charge in [0, 0.05) is 11.8 Å². The van der Waals surface area contributed by atoms with Gasteiger partial charge in [0.2, 0.25) is 0 Å². The molecule has 4 nitrogen and oxygen atoms in total. The summed E-state index contributed by atoms with van der Waals surface area (Å²) in [4.78, 5) is 16.6. The average molecular weight is 253 g/mol. The highest BCUT2D eigenvalue weighted by Crippen LogP contribution is 2.59. The van der Waals surface area contributed by atoms with Crippen molar-refractivity contribution in [3.8, 4) is 0 Å². The van der Waals surface area contributed by atoms with E-state index in [-0.39, 0.29) is 11.9 Å². The van der Waals surface area contributed by atoms with Gasteiger partial charge in [-0.15, -0.1) is 0 Å². The molecule has 0 amide bonds. The molecule has 3 rings (SSSR count). The second kappa shape index (κ2) is 4.90. The van der Waals surface area contributed by atoms with Gasteiger partial charge in [-0.05, 0) is 31.1 Å². The summed E-state index contributed by atoms with van der Waals surface area (Å²) in [5.74, 6) is 1.26. The van der Waals surface area contributed by atoms with Crippen LogP contribution in [0.5, 0.6) is 0 Å². The summed E-state index contributed by atoms with van der Waals surface area (Å²) < 4.78 is 5.04. The zero-order chi connectivity index (χ0) is 13.3. The highest BCUT2D eigenvalue weighted by molar-refractivity contribution is 5.94. The average Bonchev–Trinajstić information content (AvgIpc) is 2.31. The maximum absolute atomic E-state index is 11.6. The summed E-state index contributed by atoms with van der Waals surface area (Å²) >= 11 is 0. The van der Waals surface area contributed by atoms with Gasteiger partial charge < -0.3 is 9.57 Å². The molecule has 0 N–H and O–H groups in total. The summed E-state index contributed by atoms with van der Waals surface area (Å²) in [7, 11) is 1.58. The Labute approximate surface area is 109 Å². The summed E-state index contributed by atoms with van der Waals surface area (Å²) in [6, 6.07) is 0. The third-order valence-corrected chi connectivity index (χ3v) is 4.73. The summed E-state index contributed by atoms with van der Waals surface area (Å²) in [6.07, 6.45) is 2.66. The van der Waals surface area contributed by atoms with Crippen molar-refractivity contribution in [2.45, 2.75) is 40.0 Å². The number of hydrogen-bond acceptors (Lipinski definition) is 4. The first-order chi connectivity index (χ1) is 8.50. The lowest BCUT2D eigenvalue weighted by Gasteiger charge is -2.58. The van der Waals surface area contributed by atoms with Crippen LogP contribution < -0.4 is 0 Å². The van der Waals surface area contributed by atoms with E-state index in [9.17, 15) is 4.79 Å². The molecule has 102 valence electrons. The smallest absolute Gasteiger partial charge is 0.306 e. The maximum atomic E-state index is 11.6. The van der Waals surface area contributed by atoms with Crippen molar-refractivity contribution < 1.29 is 14.4 Å². The molecule has 3 aliphatic rings. The van der Waals surface area contributed by atoms with E-state index in [0.29, 0.717) is 30.3 Å². The van der Waals surface area contributed by atoms with Crippen LogP contribution in [0.15, 0.2) is 5.16 Å². The van der Waals surface area contributed by atoms with Crippen LogP contribution >= 0.6 is 0 Å². The van der Waals surface area contributed by atoms with Crippen molar-refractivity contribution >= 4 is 11.7 Å². The van der Waals surface area contributed by atoms with Gasteiger partial charge in [0.1, 0.15) is 7.11 Å². The first-order valence-corrected chi connectivity index (χ1v) is 6.77. The minimum Gasteiger partial charge on any atom is -0.466 e. The van der Waals surface area contributed by atoms with Crippen LogP contribution in [0.3, 0.4) is 0 Å². The summed E-state index contributed by atoms with van der Waals surface area (Å²) in [5.41, 5.74) is 1.38. The van der Waals surface area contributed by atoms with E-state index >= 15 is 0 Å². The number of fused-ring (bicyclic) bond motifs is 2. The molecule has 18 heavy (non-hydrogen) atoms. The Bertz CT molecular complexity index is 362. The van der Waals surface area contributed by atoms with E-state index in [2.05, 4.69) is 19.0 Å². The molecule has 0 aromatic heterocycles. The van der Waals surface area contributed by atoms with Gasteiger partial charge in [-0.25, -0.2) is 0 Å². The molecule has 0 saturated heterocycles. The highest BCUT2D eigenvalue weighted by Gasteiger charge is 2.56. The van der Waals surface area contributed by atoms with Crippen molar-refractivity contribution in [2.24, 2.45) is 28.3 Å². The lowest BCUT2D eigenvalue weighted by atomic mass is 9.46. The molecule has 0 spiro atoms. The first kappa shape index (κ1) is 13.4. The fourth-order valence-electron chi connectivity index (χ4n) is 3.52. The lowest BCUT2D eigenvalue weighted by molar-refractivity contribution is -0.144. The quantitative estimate of drug-likeness (QED) is 0.571. The molecule has 1 unspecified atom stereocenters. The first-order valence-electron chi connectivity index (χ1n) is 6.77. The van der Waals surface area contributed by atoms with Crippen LogP contribution in [0.1, 0.15) is 40.0 Å². The lowest BCUT2D eigenvalue weighted by Crippen LogP contribution is -2.56. The molecule has 3 aliphatic carbocycles. The fraction of sp³-hybridized carbons (Fsp3) is 0.857. The van der Waals surface area contributed by atoms with Crippen molar-refractivity contribution in [1.29, 1.82) is 0 Å². The summed E-state index contributed by atoms with van der Waals surface area (Å²) in [6.45, 7) is 6.86. The van der Waals surface area contributed by atoms with E-state index in [1.807, 2.05) is 6.92 Å². The normalized spacial score (nSPS) is 34.9. The number of nitrogens with zero attached hydrogens (tertiary/aromatic N) is 1. The molecule has 2 bridgehead atoms. The number of carbonyl (C=O) groups is 1. The number of oxime groups is 1. The van der Waals surface area contributed by atoms with Gasteiger partial charge in [0.05, 0.1) is 18.7 Å². The molecular formula is C14H23NO3. The number of ether oxygens (including phenoxy) is 1. The molecule has 0 aliphatic heterocycles. The molecule has 0 radical (unpaired) electrons. The fourth-order valence-corrected chi connectivity index (χ4v) is 3.52. The van der Waals surface area contributed by atoms with E-state index in [4.69, 9.17) is 9.57 Å². The monoisotopic (exact) mass is 253 g/mol. The molecule has 0 aromatic rings. The second-order valence-corrected chi connectivity index (χ2v) is 5.95. The largest absolute Gasteiger partial charge is 0.466 e. The van der Waals surface area contributed by atoms with E-state index in [0.717, 1.165) is 12.1 Å². The predicted molar refractivity (Wildman–Crippen MR) is 69.2 cm³/mol. The third kappa shape index (κ3) is 2.13. The van der Waals surface area contributed by atoms with Gasteiger partial charge in [-0.1, -0.05) is 19.0 Å². The predicted octanol–water partition coefficient (Wildman–Crippen LogP) is 2.62. The molecular weight excluding hydrogens is 230 g/mol. The molecule has 3 saturated carbocycles. The number of hydrogen-bond donors (Lipinski definition) is 0. The Kier molecular flexibility index (Phi) is 3.64. The second-order valence-electron chi connectivity index (χ2n) is 5.95. The minimum absolute atomic E-state index is 0.120. The Morgan fingerprint density at radius 1 is 1.44 bits per heavy atom. The number of carbonyl (C=O) groups excluding carboxylic acids is 1. The van der Waals surface area contributed by atoms with E-state index in [1.165, 1.54) is 6.42 Å². The molecule has 0 heterocycles. The van der Waals surface area contributed by atoms with Crippen LogP contribution in [0, 0.1) is 23.2 Å². The molecule has 3 fully saturated rings. The highest BCUT2D eigenvalue weighted by atomic mass is 16.6. The zero-order valence-electron chi connectivity index (χ0n) is 11.7. The Hall–Kier alpha value is -1.06. The molecule has 3 atom stereocenters. The summed E-state index contributed by atoms with van der Waals surface area (Å²) in [5, 5.41) is 4.20. The van der Waals surface area contributed by atoms with E-state index in [1.54, 1.807) is 7.11 Å². The van der Waals surface area contributed by atoms with Crippen LogP contribution in [0.4, 0.5) is 0 Å². The van der Waals surface area contributed by atoms with Gasteiger partial charge in [0.25, 0.3) is 0 Å². The standard InChI is InChI=1S/C14H23NO3/c1-5-18-12(16)7-9-6-10-8-11(14(10,2)3)13(9)15-17-4/h9-11H,5-8H2,1-4H3/b15-13+/t9?,10-,11-/m0/s1. The van der Waals surface area contributed by atoms with Crippen molar-refractivity contribution in [1.82, 2.24) is 0 Å². The minimum atomic E-state index is -0.120. The number of rotatable bonds is 4. The van der Waals surface area contributed by atoms with Gasteiger partial charge in [-0.3, -0.25) is 4.79 Å². The Balaban J connectivity index is 2.08. The van der Waals surface area contributed by atoms with Gasteiger partial charge in [-0.2, -0.15) is 0 Å². The zero-order valence-corrected chi connectivity index (χ0v) is 11.7. The number of esters is 1. The van der Waals surface area contributed by atoms with Crippen molar-refractivity contribution in [2.75, 3.05) is 13.7 Å². The van der Waals surface area contributed by atoms with Gasteiger partial charge >= 0.3 is 5.97 Å².